The van der Waals surface area contributed by atoms with E-state index in [1.54, 1.807) is 31.5 Å². The van der Waals surface area contributed by atoms with E-state index in [9.17, 15) is 4.39 Å². The lowest BCUT2D eigenvalue weighted by molar-refractivity contribution is 0.0974. The molecule has 3 rings (SSSR count). The van der Waals surface area contributed by atoms with E-state index in [0.717, 1.165) is 16.7 Å². The van der Waals surface area contributed by atoms with Gasteiger partial charge in [0.1, 0.15) is 12.4 Å². The predicted octanol–water partition coefficient (Wildman–Crippen LogP) is 3.81. The highest BCUT2D eigenvalue weighted by Gasteiger charge is 2.35. The van der Waals surface area contributed by atoms with Crippen molar-refractivity contribution in [1.29, 1.82) is 10.8 Å². The Labute approximate surface area is 163 Å². The zero-order valence-corrected chi connectivity index (χ0v) is 15.7. The van der Waals surface area contributed by atoms with Crippen molar-refractivity contribution in [2.24, 2.45) is 11.1 Å². The molecule has 0 aliphatic heterocycles. The van der Waals surface area contributed by atoms with E-state index in [0.29, 0.717) is 30.0 Å². The van der Waals surface area contributed by atoms with Crippen LogP contribution in [0.3, 0.4) is 0 Å². The van der Waals surface area contributed by atoms with Crippen LogP contribution in [0.2, 0.25) is 0 Å². The third kappa shape index (κ3) is 4.31. The lowest BCUT2D eigenvalue weighted by Crippen LogP contribution is -2.37. The van der Waals surface area contributed by atoms with Gasteiger partial charge in [0.2, 0.25) is 0 Å². The number of benzene rings is 1. The Morgan fingerprint density at radius 1 is 1.36 bits per heavy atom. The summed E-state index contributed by atoms with van der Waals surface area (Å²) in [4.78, 5) is 9.28. The molecule has 1 aliphatic rings. The van der Waals surface area contributed by atoms with E-state index < -0.39 is 5.92 Å². The molecule has 1 saturated carbocycles. The van der Waals surface area contributed by atoms with Gasteiger partial charge in [-0.05, 0) is 55.0 Å². The van der Waals surface area contributed by atoms with Crippen LogP contribution < -0.4 is 0 Å². The van der Waals surface area contributed by atoms with Gasteiger partial charge in [-0.15, -0.1) is 0 Å². The fourth-order valence-corrected chi connectivity index (χ4v) is 3.67. The van der Waals surface area contributed by atoms with Crippen molar-refractivity contribution >= 4 is 17.1 Å². The summed E-state index contributed by atoms with van der Waals surface area (Å²) >= 11 is 0. The van der Waals surface area contributed by atoms with Crippen LogP contribution in [0.4, 0.5) is 4.39 Å². The molecule has 7 heteroatoms. The third-order valence-corrected chi connectivity index (χ3v) is 4.83. The highest BCUT2D eigenvalue weighted by atomic mass is 19.1. The molecular weight excluding hydrogens is 359 g/mol. The number of oxime groups is 1. The second kappa shape index (κ2) is 8.84. The molecule has 0 saturated heterocycles. The topological polar surface area (TPSA) is 102 Å². The maximum absolute atomic E-state index is 14.0. The van der Waals surface area contributed by atoms with Gasteiger partial charge < -0.3 is 20.8 Å². The molecule has 1 heterocycles. The van der Waals surface area contributed by atoms with E-state index in [2.05, 4.69) is 10.1 Å². The molecule has 3 N–H and O–H groups in total. The molecule has 2 aromatic rings. The Morgan fingerprint density at radius 2 is 2.18 bits per heavy atom. The summed E-state index contributed by atoms with van der Waals surface area (Å²) in [5, 5.41) is 29.5. The lowest BCUT2D eigenvalue weighted by atomic mass is 9.73. The second-order valence-corrected chi connectivity index (χ2v) is 6.86. The highest BCUT2D eigenvalue weighted by molar-refractivity contribution is 6.23. The number of aliphatic hydroxyl groups is 1. The van der Waals surface area contributed by atoms with Gasteiger partial charge in [0, 0.05) is 29.4 Å². The second-order valence-electron chi connectivity index (χ2n) is 6.86. The summed E-state index contributed by atoms with van der Waals surface area (Å²) < 4.78 is 14.0. The zero-order valence-electron chi connectivity index (χ0n) is 15.7. The number of hydrogen-bond acceptors (Lipinski definition) is 6. The number of nitrogens with one attached hydrogen (secondary N) is 2. The van der Waals surface area contributed by atoms with Gasteiger partial charge in [-0.1, -0.05) is 17.3 Å². The van der Waals surface area contributed by atoms with Crippen molar-refractivity contribution in [3.63, 3.8) is 0 Å². The number of nitrogens with zero attached hydrogens (tertiary/aromatic N) is 2. The monoisotopic (exact) mass is 382 g/mol. The Hall–Kier alpha value is -2.93. The molecule has 28 heavy (non-hydrogen) atoms. The number of aliphatic hydroxyl groups excluding tert-OH is 1. The van der Waals surface area contributed by atoms with Gasteiger partial charge in [-0.2, -0.15) is 0 Å². The zero-order chi connectivity index (χ0) is 20.1. The molecule has 0 spiro atoms. The van der Waals surface area contributed by atoms with E-state index >= 15 is 0 Å². The molecule has 1 fully saturated rings. The van der Waals surface area contributed by atoms with Crippen molar-refractivity contribution in [3.8, 4) is 11.1 Å². The SMILES string of the molecule is CC(=N)C1C(=N)CC(c2ccc(F)cc2-c2cccnc2)CC1=NOCCO. The minimum absolute atomic E-state index is 0.0583. The summed E-state index contributed by atoms with van der Waals surface area (Å²) in [5.74, 6) is -0.908. The molecule has 2 atom stereocenters. The van der Waals surface area contributed by atoms with Crippen LogP contribution in [0.1, 0.15) is 31.2 Å². The number of halogens is 1. The molecule has 0 amide bonds. The average molecular weight is 382 g/mol. The van der Waals surface area contributed by atoms with Gasteiger partial charge in [-0.3, -0.25) is 4.98 Å². The molecule has 1 aliphatic carbocycles. The number of hydrogen-bond donors (Lipinski definition) is 3. The van der Waals surface area contributed by atoms with Crippen molar-refractivity contribution < 1.29 is 14.3 Å². The maximum atomic E-state index is 14.0. The smallest absolute Gasteiger partial charge is 0.140 e. The summed E-state index contributed by atoms with van der Waals surface area (Å²) in [6, 6.07) is 8.34. The van der Waals surface area contributed by atoms with Gasteiger partial charge >= 0.3 is 0 Å². The predicted molar refractivity (Wildman–Crippen MR) is 107 cm³/mol. The molecule has 1 aromatic carbocycles. The van der Waals surface area contributed by atoms with Crippen LogP contribution >= 0.6 is 0 Å². The van der Waals surface area contributed by atoms with Gasteiger partial charge in [0.15, 0.2) is 0 Å². The maximum Gasteiger partial charge on any atom is 0.140 e. The fraction of sp³-hybridized carbons (Fsp3) is 0.333. The minimum Gasteiger partial charge on any atom is -0.393 e. The summed E-state index contributed by atoms with van der Waals surface area (Å²) in [5.41, 5.74) is 3.77. The lowest BCUT2D eigenvalue weighted by Gasteiger charge is -2.31. The normalized spacial score (nSPS) is 21.0. The number of rotatable bonds is 6. The molecule has 0 radical (unpaired) electrons. The first-order valence-electron chi connectivity index (χ1n) is 9.13. The summed E-state index contributed by atoms with van der Waals surface area (Å²) in [6.45, 7) is 1.55. The largest absolute Gasteiger partial charge is 0.393 e. The molecule has 6 nitrogen and oxygen atoms in total. The van der Waals surface area contributed by atoms with Gasteiger partial charge in [-0.25, -0.2) is 4.39 Å². The fourth-order valence-electron chi connectivity index (χ4n) is 3.67. The molecule has 0 bridgehead atoms. The van der Waals surface area contributed by atoms with E-state index in [4.69, 9.17) is 20.8 Å². The Morgan fingerprint density at radius 3 is 2.86 bits per heavy atom. The van der Waals surface area contributed by atoms with Crippen LogP contribution in [-0.2, 0) is 4.84 Å². The van der Waals surface area contributed by atoms with Crippen molar-refractivity contribution in [1.82, 2.24) is 4.98 Å². The Kier molecular flexibility index (Phi) is 6.26. The molecule has 2 unspecified atom stereocenters. The first kappa shape index (κ1) is 19.8. The average Bonchev–Trinajstić information content (AvgIpc) is 2.68. The van der Waals surface area contributed by atoms with Gasteiger partial charge in [0.05, 0.1) is 18.2 Å². The summed E-state index contributed by atoms with van der Waals surface area (Å²) in [6.07, 6.45) is 4.31. The van der Waals surface area contributed by atoms with Crippen molar-refractivity contribution in [2.75, 3.05) is 13.2 Å². The van der Waals surface area contributed by atoms with Crippen LogP contribution in [0, 0.1) is 22.6 Å². The minimum atomic E-state index is -0.489. The molecule has 146 valence electrons. The van der Waals surface area contributed by atoms with Gasteiger partial charge in [0.25, 0.3) is 0 Å². The Bertz CT molecular complexity index is 899. The van der Waals surface area contributed by atoms with Crippen LogP contribution in [0.5, 0.6) is 0 Å². The standard InChI is InChI=1S/C21H23FN4O2/c1-13(23)21-19(24)9-15(10-20(21)26-28-8-7-27)17-5-4-16(22)11-18(17)14-3-2-6-25-12-14/h2-6,11-12,15,21,23-24,27H,7-10H2,1H3. The van der Waals surface area contributed by atoms with Crippen LogP contribution in [0.15, 0.2) is 47.9 Å². The third-order valence-electron chi connectivity index (χ3n) is 4.83. The molecular formula is C21H23FN4O2. The first-order valence-corrected chi connectivity index (χ1v) is 9.13. The van der Waals surface area contributed by atoms with Crippen LogP contribution in [-0.4, -0.2) is 40.4 Å². The van der Waals surface area contributed by atoms with Crippen LogP contribution in [0.25, 0.3) is 11.1 Å². The van der Waals surface area contributed by atoms with E-state index in [1.165, 1.54) is 12.1 Å². The number of pyridine rings is 1. The van der Waals surface area contributed by atoms with E-state index in [-0.39, 0.29) is 24.9 Å². The molecule has 1 aromatic heterocycles. The van der Waals surface area contributed by atoms with Crippen molar-refractivity contribution in [2.45, 2.75) is 25.7 Å². The van der Waals surface area contributed by atoms with E-state index in [1.807, 2.05) is 6.07 Å². The first-order chi connectivity index (χ1) is 13.5. The van der Waals surface area contributed by atoms with Crippen molar-refractivity contribution in [3.05, 3.63) is 54.1 Å². The quantitative estimate of drug-likeness (QED) is 0.402. The number of aromatic nitrogens is 1. The Balaban J connectivity index is 1.99. The highest BCUT2D eigenvalue weighted by Crippen LogP contribution is 2.38. The summed E-state index contributed by atoms with van der Waals surface area (Å²) in [7, 11) is 0.